The molecule has 0 aliphatic rings. The average Bonchev–Trinajstić information content (AvgIpc) is 2.46. The molecule has 4 nitrogen and oxygen atoms in total. The van der Waals surface area contributed by atoms with Crippen molar-refractivity contribution in [3.63, 3.8) is 0 Å². The lowest BCUT2D eigenvalue weighted by Gasteiger charge is -2.17. The molecule has 0 N–H and O–H groups in total. The van der Waals surface area contributed by atoms with Gasteiger partial charge in [-0.2, -0.15) is 0 Å². The van der Waals surface area contributed by atoms with Crippen LogP contribution < -0.4 is 4.74 Å². The molecule has 0 spiro atoms. The van der Waals surface area contributed by atoms with Crippen molar-refractivity contribution < 1.29 is 9.53 Å². The molecule has 1 aromatic carbocycles. The lowest BCUT2D eigenvalue weighted by atomic mass is 10.2. The third-order valence-electron chi connectivity index (χ3n) is 2.85. The summed E-state index contributed by atoms with van der Waals surface area (Å²) in [4.78, 5) is 17.9. The molecule has 20 heavy (non-hydrogen) atoms. The Labute approximate surface area is 123 Å². The van der Waals surface area contributed by atoms with Gasteiger partial charge < -0.3 is 9.64 Å². The van der Waals surface area contributed by atoms with E-state index >= 15 is 0 Å². The first kappa shape index (κ1) is 14.3. The normalized spacial score (nSPS) is 10.2. The number of rotatable bonds is 4. The minimum absolute atomic E-state index is 0.0971. The third kappa shape index (κ3) is 3.48. The van der Waals surface area contributed by atoms with Gasteiger partial charge in [-0.3, -0.25) is 4.79 Å². The number of ether oxygens (including phenoxy) is 1. The van der Waals surface area contributed by atoms with Gasteiger partial charge in [-0.1, -0.05) is 23.7 Å². The molecule has 0 radical (unpaired) electrons. The molecule has 2 rings (SSSR count). The Morgan fingerprint density at radius 2 is 2.15 bits per heavy atom. The molecule has 0 atom stereocenters. The van der Waals surface area contributed by atoms with Gasteiger partial charge in [0.2, 0.25) is 5.88 Å². The molecule has 0 bridgehead atoms. The van der Waals surface area contributed by atoms with Crippen LogP contribution in [0.15, 0.2) is 42.6 Å². The number of methoxy groups -OCH3 is 1. The summed E-state index contributed by atoms with van der Waals surface area (Å²) < 4.78 is 4.97. The van der Waals surface area contributed by atoms with Gasteiger partial charge in [-0.05, 0) is 23.8 Å². The molecule has 2 aromatic rings. The summed E-state index contributed by atoms with van der Waals surface area (Å²) >= 11 is 5.93. The second kappa shape index (κ2) is 6.39. The molecule has 1 amide bonds. The topological polar surface area (TPSA) is 42.4 Å². The number of pyridine rings is 1. The van der Waals surface area contributed by atoms with Crippen molar-refractivity contribution >= 4 is 17.5 Å². The second-order valence-corrected chi connectivity index (χ2v) is 4.82. The van der Waals surface area contributed by atoms with Gasteiger partial charge in [0.15, 0.2) is 0 Å². The molecule has 0 saturated carbocycles. The van der Waals surface area contributed by atoms with Crippen molar-refractivity contribution in [2.45, 2.75) is 6.54 Å². The Kier molecular flexibility index (Phi) is 4.58. The standard InChI is InChI=1S/C15H15ClN2O2/c1-18(10-11-4-3-5-13(16)8-11)15(19)12-6-7-14(20-2)17-9-12/h3-9H,10H2,1-2H3. The third-order valence-corrected chi connectivity index (χ3v) is 3.08. The van der Waals surface area contributed by atoms with Gasteiger partial charge in [0.1, 0.15) is 0 Å². The van der Waals surface area contributed by atoms with E-state index in [1.807, 2.05) is 18.2 Å². The van der Waals surface area contributed by atoms with Crippen LogP contribution in [-0.2, 0) is 6.54 Å². The summed E-state index contributed by atoms with van der Waals surface area (Å²) in [6.45, 7) is 0.491. The zero-order valence-electron chi connectivity index (χ0n) is 11.3. The van der Waals surface area contributed by atoms with E-state index in [1.165, 1.54) is 13.3 Å². The number of carbonyl (C=O) groups excluding carboxylic acids is 1. The van der Waals surface area contributed by atoms with Gasteiger partial charge in [-0.25, -0.2) is 4.98 Å². The highest BCUT2D eigenvalue weighted by atomic mass is 35.5. The minimum Gasteiger partial charge on any atom is -0.481 e. The number of hydrogen-bond donors (Lipinski definition) is 0. The van der Waals surface area contributed by atoms with E-state index in [0.717, 1.165) is 5.56 Å². The molecule has 0 aliphatic carbocycles. The summed E-state index contributed by atoms with van der Waals surface area (Å²) in [5.74, 6) is 0.388. The summed E-state index contributed by atoms with van der Waals surface area (Å²) in [6, 6.07) is 10.8. The van der Waals surface area contributed by atoms with Crippen LogP contribution >= 0.6 is 11.6 Å². The van der Waals surface area contributed by atoms with Crippen LogP contribution in [0.25, 0.3) is 0 Å². The van der Waals surface area contributed by atoms with Crippen LogP contribution in [0.1, 0.15) is 15.9 Å². The number of nitrogens with zero attached hydrogens (tertiary/aromatic N) is 2. The molecular weight excluding hydrogens is 276 g/mol. The van der Waals surface area contributed by atoms with Gasteiger partial charge in [0, 0.05) is 30.9 Å². The second-order valence-electron chi connectivity index (χ2n) is 4.38. The summed E-state index contributed by atoms with van der Waals surface area (Å²) in [6.07, 6.45) is 1.51. The van der Waals surface area contributed by atoms with Crippen LogP contribution in [0.5, 0.6) is 5.88 Å². The average molecular weight is 291 g/mol. The smallest absolute Gasteiger partial charge is 0.255 e. The van der Waals surface area contributed by atoms with Crippen LogP contribution in [0.3, 0.4) is 0 Å². The van der Waals surface area contributed by atoms with E-state index in [4.69, 9.17) is 16.3 Å². The van der Waals surface area contributed by atoms with Gasteiger partial charge in [0.25, 0.3) is 5.91 Å². The van der Waals surface area contributed by atoms with Gasteiger partial charge in [0.05, 0.1) is 12.7 Å². The molecular formula is C15H15ClN2O2. The van der Waals surface area contributed by atoms with Crippen molar-refractivity contribution in [3.05, 3.63) is 58.7 Å². The van der Waals surface area contributed by atoms with E-state index in [9.17, 15) is 4.79 Å². The van der Waals surface area contributed by atoms with Crippen LogP contribution in [-0.4, -0.2) is 29.9 Å². The zero-order chi connectivity index (χ0) is 14.5. The lowest BCUT2D eigenvalue weighted by Crippen LogP contribution is -2.26. The number of halogens is 1. The largest absolute Gasteiger partial charge is 0.481 e. The zero-order valence-corrected chi connectivity index (χ0v) is 12.1. The van der Waals surface area contributed by atoms with E-state index in [-0.39, 0.29) is 5.91 Å². The highest BCUT2D eigenvalue weighted by Gasteiger charge is 2.12. The number of carbonyl (C=O) groups is 1. The number of amides is 1. The van der Waals surface area contributed by atoms with Crippen molar-refractivity contribution in [1.29, 1.82) is 0 Å². The highest BCUT2D eigenvalue weighted by Crippen LogP contribution is 2.14. The summed E-state index contributed by atoms with van der Waals surface area (Å²) in [5.41, 5.74) is 1.50. The quantitative estimate of drug-likeness (QED) is 0.869. The molecule has 1 aromatic heterocycles. The van der Waals surface area contributed by atoms with E-state index in [2.05, 4.69) is 4.98 Å². The molecule has 0 unspecified atom stereocenters. The van der Waals surface area contributed by atoms with Crippen molar-refractivity contribution in [3.8, 4) is 5.88 Å². The Hall–Kier alpha value is -2.07. The number of hydrogen-bond acceptors (Lipinski definition) is 3. The van der Waals surface area contributed by atoms with Crippen LogP contribution in [0.4, 0.5) is 0 Å². The van der Waals surface area contributed by atoms with Crippen LogP contribution in [0.2, 0.25) is 5.02 Å². The highest BCUT2D eigenvalue weighted by molar-refractivity contribution is 6.30. The molecule has 0 aliphatic heterocycles. The fraction of sp³-hybridized carbons (Fsp3) is 0.200. The van der Waals surface area contributed by atoms with Crippen LogP contribution in [0, 0.1) is 0 Å². The fourth-order valence-corrected chi connectivity index (χ4v) is 2.04. The molecule has 1 heterocycles. The number of benzene rings is 1. The van der Waals surface area contributed by atoms with E-state index < -0.39 is 0 Å². The van der Waals surface area contributed by atoms with E-state index in [1.54, 1.807) is 30.1 Å². The maximum atomic E-state index is 12.2. The van der Waals surface area contributed by atoms with Crippen molar-refractivity contribution in [2.75, 3.05) is 14.2 Å². The Morgan fingerprint density at radius 1 is 1.35 bits per heavy atom. The monoisotopic (exact) mass is 290 g/mol. The van der Waals surface area contributed by atoms with Gasteiger partial charge >= 0.3 is 0 Å². The Morgan fingerprint density at radius 3 is 2.75 bits per heavy atom. The molecule has 0 fully saturated rings. The predicted octanol–water partition coefficient (Wildman–Crippen LogP) is 3.02. The first-order valence-corrected chi connectivity index (χ1v) is 6.48. The Balaban J connectivity index is 2.07. The van der Waals surface area contributed by atoms with E-state index in [0.29, 0.717) is 23.0 Å². The summed E-state index contributed by atoms with van der Waals surface area (Å²) in [7, 11) is 3.28. The SMILES string of the molecule is COc1ccc(C(=O)N(C)Cc2cccc(Cl)c2)cn1. The van der Waals surface area contributed by atoms with Crippen molar-refractivity contribution in [2.24, 2.45) is 0 Å². The molecule has 104 valence electrons. The lowest BCUT2D eigenvalue weighted by molar-refractivity contribution is 0.0784. The molecule has 5 heteroatoms. The summed E-state index contributed by atoms with van der Waals surface area (Å²) in [5, 5.41) is 0.662. The maximum Gasteiger partial charge on any atom is 0.255 e. The van der Waals surface area contributed by atoms with Crippen molar-refractivity contribution in [1.82, 2.24) is 9.88 Å². The molecule has 0 saturated heterocycles. The maximum absolute atomic E-state index is 12.2. The van der Waals surface area contributed by atoms with Gasteiger partial charge in [-0.15, -0.1) is 0 Å². The Bertz CT molecular complexity index is 599. The first-order valence-electron chi connectivity index (χ1n) is 6.10. The number of aromatic nitrogens is 1. The first-order chi connectivity index (χ1) is 9.60. The predicted molar refractivity (Wildman–Crippen MR) is 78.0 cm³/mol. The minimum atomic E-state index is -0.0971. The fourth-order valence-electron chi connectivity index (χ4n) is 1.83.